The highest BCUT2D eigenvalue weighted by Crippen LogP contribution is 2.22. The van der Waals surface area contributed by atoms with E-state index in [9.17, 15) is 4.79 Å². The minimum Gasteiger partial charge on any atom is -0.314 e. The molecule has 1 aromatic heterocycles. The second-order valence-corrected chi connectivity index (χ2v) is 4.66. The molecule has 0 atom stereocenters. The molecule has 1 aromatic rings. The smallest absolute Gasteiger partial charge is 0.314 e. The summed E-state index contributed by atoms with van der Waals surface area (Å²) in [6, 6.07) is 3.15. The number of pyridine rings is 1. The number of hydrogen-bond acceptors (Lipinski definition) is 2. The lowest BCUT2D eigenvalue weighted by molar-refractivity contribution is 0.255. The Labute approximate surface area is 111 Å². The summed E-state index contributed by atoms with van der Waals surface area (Å²) in [5.41, 5.74) is 1.81. The first-order valence-corrected chi connectivity index (χ1v) is 6.49. The third kappa shape index (κ3) is 3.74. The number of amides is 2. The summed E-state index contributed by atoms with van der Waals surface area (Å²) < 4.78 is 0. The largest absolute Gasteiger partial charge is 0.323 e. The Bertz CT molecular complexity index is 451. The highest BCUT2D eigenvalue weighted by Gasteiger charge is 2.07. The van der Waals surface area contributed by atoms with Crippen LogP contribution in [0.2, 0.25) is 5.15 Å². The summed E-state index contributed by atoms with van der Waals surface area (Å²) in [7, 11) is 0. The van der Waals surface area contributed by atoms with Crippen LogP contribution in [0.3, 0.4) is 0 Å². The first-order chi connectivity index (χ1) is 8.75. The summed E-state index contributed by atoms with van der Waals surface area (Å²) >= 11 is 5.85. The van der Waals surface area contributed by atoms with Gasteiger partial charge in [-0.3, -0.25) is 0 Å². The average molecular weight is 266 g/mol. The highest BCUT2D eigenvalue weighted by molar-refractivity contribution is 6.32. The third-order valence-electron chi connectivity index (χ3n) is 2.91. The van der Waals surface area contributed by atoms with Crippen molar-refractivity contribution in [1.82, 2.24) is 10.3 Å². The Balaban J connectivity index is 1.87. The van der Waals surface area contributed by atoms with Gasteiger partial charge in [-0.2, -0.15) is 0 Å². The molecular formula is C13H16ClN3O. The Hall–Kier alpha value is -1.55. The number of carbonyl (C=O) groups is 1. The van der Waals surface area contributed by atoms with Crippen molar-refractivity contribution in [1.29, 1.82) is 0 Å². The Kier molecular flexibility index (Phi) is 4.59. The number of anilines is 1. The highest BCUT2D eigenvalue weighted by atomic mass is 35.5. The van der Waals surface area contributed by atoms with Crippen LogP contribution in [0.15, 0.2) is 30.1 Å². The molecule has 0 unspecified atom stereocenters. The fourth-order valence-electron chi connectivity index (χ4n) is 1.96. The zero-order valence-electron chi connectivity index (χ0n) is 10.1. The molecule has 0 aromatic carbocycles. The van der Waals surface area contributed by atoms with E-state index in [1.54, 1.807) is 24.5 Å². The predicted octanol–water partition coefficient (Wildman–Crippen LogP) is 3.70. The van der Waals surface area contributed by atoms with Gasteiger partial charge in [0.15, 0.2) is 5.15 Å². The minimum atomic E-state index is -0.289. The first kappa shape index (κ1) is 12.9. The van der Waals surface area contributed by atoms with E-state index in [1.807, 2.05) is 0 Å². The molecule has 4 nitrogen and oxygen atoms in total. The Morgan fingerprint density at radius 3 is 2.83 bits per heavy atom. The molecule has 1 saturated carbocycles. The van der Waals surface area contributed by atoms with Crippen molar-refractivity contribution in [3.05, 3.63) is 35.3 Å². The van der Waals surface area contributed by atoms with Crippen LogP contribution in [0.4, 0.5) is 10.5 Å². The van der Waals surface area contributed by atoms with Crippen LogP contribution in [-0.4, -0.2) is 11.0 Å². The maximum atomic E-state index is 11.7. The van der Waals surface area contributed by atoms with Gasteiger partial charge < -0.3 is 10.6 Å². The van der Waals surface area contributed by atoms with Gasteiger partial charge in [-0.25, -0.2) is 9.78 Å². The van der Waals surface area contributed by atoms with Crippen LogP contribution in [0.5, 0.6) is 0 Å². The van der Waals surface area contributed by atoms with Gasteiger partial charge in [0.25, 0.3) is 0 Å². The van der Waals surface area contributed by atoms with Crippen molar-refractivity contribution in [3.8, 4) is 0 Å². The molecule has 96 valence electrons. The molecule has 2 rings (SSSR count). The average Bonchev–Trinajstić information content (AvgIpc) is 2.40. The molecule has 0 bridgehead atoms. The van der Waals surface area contributed by atoms with E-state index in [0.717, 1.165) is 12.8 Å². The maximum absolute atomic E-state index is 11.7. The van der Waals surface area contributed by atoms with Gasteiger partial charge in [-0.05, 0) is 37.8 Å². The molecule has 5 heteroatoms. The van der Waals surface area contributed by atoms with Crippen molar-refractivity contribution in [2.24, 2.45) is 0 Å². The van der Waals surface area contributed by atoms with Crippen molar-refractivity contribution >= 4 is 23.3 Å². The SMILES string of the molecule is O=C(NC=C1CCCCC1)Nc1cccnc1Cl. The molecule has 18 heavy (non-hydrogen) atoms. The number of halogens is 1. The van der Waals surface area contributed by atoms with Gasteiger partial charge in [0.1, 0.15) is 0 Å². The zero-order valence-corrected chi connectivity index (χ0v) is 10.8. The van der Waals surface area contributed by atoms with Crippen LogP contribution in [0, 0.1) is 0 Å². The lowest BCUT2D eigenvalue weighted by atomic mass is 9.96. The summed E-state index contributed by atoms with van der Waals surface area (Å²) in [6.45, 7) is 0. The van der Waals surface area contributed by atoms with Crippen LogP contribution in [-0.2, 0) is 0 Å². The molecule has 0 spiro atoms. The summed E-state index contributed by atoms with van der Waals surface area (Å²) in [5.74, 6) is 0. The number of nitrogens with zero attached hydrogens (tertiary/aromatic N) is 1. The molecule has 2 amide bonds. The second kappa shape index (κ2) is 6.40. The molecule has 2 N–H and O–H groups in total. The quantitative estimate of drug-likeness (QED) is 0.801. The van der Waals surface area contributed by atoms with Crippen LogP contribution >= 0.6 is 11.6 Å². The fraction of sp³-hybridized carbons (Fsp3) is 0.385. The van der Waals surface area contributed by atoms with Crippen molar-refractivity contribution in [2.75, 3.05) is 5.32 Å². The number of hydrogen-bond donors (Lipinski definition) is 2. The predicted molar refractivity (Wildman–Crippen MR) is 72.6 cm³/mol. The zero-order chi connectivity index (χ0) is 12.8. The Morgan fingerprint density at radius 1 is 1.33 bits per heavy atom. The molecule has 1 heterocycles. The van der Waals surface area contributed by atoms with Crippen molar-refractivity contribution in [2.45, 2.75) is 32.1 Å². The number of allylic oxidation sites excluding steroid dienone is 1. The van der Waals surface area contributed by atoms with Gasteiger partial charge in [0.2, 0.25) is 0 Å². The topological polar surface area (TPSA) is 54.0 Å². The van der Waals surface area contributed by atoms with Crippen molar-refractivity contribution < 1.29 is 4.79 Å². The van der Waals surface area contributed by atoms with Gasteiger partial charge in [-0.15, -0.1) is 0 Å². The fourth-order valence-corrected chi connectivity index (χ4v) is 2.12. The van der Waals surface area contributed by atoms with E-state index < -0.39 is 0 Å². The lowest BCUT2D eigenvalue weighted by Crippen LogP contribution is -2.24. The third-order valence-corrected chi connectivity index (χ3v) is 3.21. The summed E-state index contributed by atoms with van der Waals surface area (Å²) in [4.78, 5) is 15.5. The number of aromatic nitrogens is 1. The first-order valence-electron chi connectivity index (χ1n) is 6.11. The molecular weight excluding hydrogens is 250 g/mol. The van der Waals surface area contributed by atoms with Gasteiger partial charge in [-0.1, -0.05) is 23.6 Å². The molecule has 0 aliphatic heterocycles. The summed E-state index contributed by atoms with van der Waals surface area (Å²) in [5, 5.41) is 5.68. The maximum Gasteiger partial charge on any atom is 0.323 e. The van der Waals surface area contributed by atoms with E-state index in [2.05, 4.69) is 15.6 Å². The standard InChI is InChI=1S/C13H16ClN3O/c14-12-11(7-4-8-15-12)17-13(18)16-9-10-5-2-1-3-6-10/h4,7-9H,1-3,5-6H2,(H2,16,17,18). The monoisotopic (exact) mass is 265 g/mol. The number of urea groups is 1. The molecule has 0 radical (unpaired) electrons. The van der Waals surface area contributed by atoms with Gasteiger partial charge in [0, 0.05) is 12.4 Å². The van der Waals surface area contributed by atoms with Gasteiger partial charge >= 0.3 is 6.03 Å². The second-order valence-electron chi connectivity index (χ2n) is 4.30. The van der Waals surface area contributed by atoms with E-state index >= 15 is 0 Å². The number of carbonyl (C=O) groups excluding carboxylic acids is 1. The number of nitrogens with one attached hydrogen (secondary N) is 2. The van der Waals surface area contributed by atoms with Gasteiger partial charge in [0.05, 0.1) is 5.69 Å². The molecule has 1 aliphatic carbocycles. The summed E-state index contributed by atoms with van der Waals surface area (Å²) in [6.07, 6.45) is 9.25. The molecule has 1 aliphatic rings. The normalized spacial score (nSPS) is 15.1. The lowest BCUT2D eigenvalue weighted by Gasteiger charge is -2.13. The molecule has 1 fully saturated rings. The Morgan fingerprint density at radius 2 is 2.11 bits per heavy atom. The van der Waals surface area contributed by atoms with Crippen LogP contribution in [0.1, 0.15) is 32.1 Å². The van der Waals surface area contributed by atoms with Crippen LogP contribution < -0.4 is 10.6 Å². The van der Waals surface area contributed by atoms with Crippen LogP contribution in [0.25, 0.3) is 0 Å². The number of rotatable bonds is 2. The molecule has 0 saturated heterocycles. The van der Waals surface area contributed by atoms with E-state index in [1.165, 1.54) is 24.8 Å². The minimum absolute atomic E-state index is 0.289. The van der Waals surface area contributed by atoms with E-state index in [0.29, 0.717) is 5.69 Å². The van der Waals surface area contributed by atoms with Crippen molar-refractivity contribution in [3.63, 3.8) is 0 Å². The van der Waals surface area contributed by atoms with E-state index in [4.69, 9.17) is 11.6 Å². The van der Waals surface area contributed by atoms with E-state index in [-0.39, 0.29) is 11.2 Å².